The summed E-state index contributed by atoms with van der Waals surface area (Å²) in [6, 6.07) is 13.7. The predicted octanol–water partition coefficient (Wildman–Crippen LogP) is 2.11. The minimum Gasteiger partial charge on any atom is -0.530 e. The Bertz CT molecular complexity index is 1200. The number of ether oxygens (including phenoxy) is 1. The van der Waals surface area contributed by atoms with Gasteiger partial charge in [0.2, 0.25) is 15.9 Å². The molecule has 2 N–H and O–H groups in total. The van der Waals surface area contributed by atoms with Crippen molar-refractivity contribution >= 4 is 27.7 Å². The van der Waals surface area contributed by atoms with Crippen LogP contribution in [0.25, 0.3) is 0 Å². The van der Waals surface area contributed by atoms with Crippen LogP contribution >= 0.6 is 0 Å². The zero-order valence-electron chi connectivity index (χ0n) is 22.9. The third kappa shape index (κ3) is 9.77. The summed E-state index contributed by atoms with van der Waals surface area (Å²) in [4.78, 5) is 24.5. The van der Waals surface area contributed by atoms with Gasteiger partial charge in [-0.3, -0.25) is 4.79 Å². The average molecular weight is 561 g/mol. The van der Waals surface area contributed by atoms with Gasteiger partial charge in [0.1, 0.15) is 6.09 Å². The predicted molar refractivity (Wildman–Crippen MR) is 147 cm³/mol. The lowest BCUT2D eigenvalue weighted by Gasteiger charge is -2.39. The van der Waals surface area contributed by atoms with Crippen molar-refractivity contribution in [1.82, 2.24) is 9.21 Å². The van der Waals surface area contributed by atoms with Crippen LogP contribution in [0.5, 0.6) is 0 Å². The van der Waals surface area contributed by atoms with Crippen LogP contribution in [0.15, 0.2) is 71.6 Å². The van der Waals surface area contributed by atoms with Crippen molar-refractivity contribution in [2.45, 2.75) is 44.2 Å². The van der Waals surface area contributed by atoms with Gasteiger partial charge in [0.15, 0.2) is 0 Å². The topological polar surface area (TPSA) is 139 Å². The fourth-order valence-corrected chi connectivity index (χ4v) is 5.81. The first-order chi connectivity index (χ1) is 18.3. The van der Waals surface area contributed by atoms with Gasteiger partial charge in [-0.25, -0.2) is 8.42 Å². The van der Waals surface area contributed by atoms with E-state index in [1.165, 1.54) is 38.3 Å². The van der Waals surface area contributed by atoms with Gasteiger partial charge in [0.25, 0.3) is 0 Å². The maximum absolute atomic E-state index is 13.6. The Morgan fingerprint density at radius 1 is 1.08 bits per heavy atom. The molecule has 2 aromatic carbocycles. The van der Waals surface area contributed by atoms with Crippen LogP contribution in [0.2, 0.25) is 0 Å². The number of methoxy groups -OCH3 is 1. The molecule has 0 aromatic heterocycles. The number of hydrogen-bond acceptors (Lipinski definition) is 7. The molecule has 0 saturated heterocycles. The minimum absolute atomic E-state index is 0.0192. The molecule has 39 heavy (non-hydrogen) atoms. The lowest BCUT2D eigenvalue weighted by atomic mass is 9.99. The van der Waals surface area contributed by atoms with Gasteiger partial charge in [0.05, 0.1) is 23.6 Å². The number of aliphatic hydroxyl groups is 1. The molecule has 0 saturated carbocycles. The third-order valence-corrected chi connectivity index (χ3v) is 7.73. The quantitative estimate of drug-likeness (QED) is 0.318. The van der Waals surface area contributed by atoms with E-state index in [0.717, 1.165) is 14.8 Å². The standard InChI is InChI=1S/C28H39N3O7S/c1-20(2)16-30(39(36,37)25-13-11-24(12-14-25)29-22(4)32)18-27(33)26(15-23-9-7-6-8-10-23)31(28(34)35)17-21(3)19-38-5/h6-14,20,26-27,33H,3,15-19H2,1-2,4-5H3,(H,29,32)(H,34,35)/p-1/t26-,27+/m0/s1. The first-order valence-corrected chi connectivity index (χ1v) is 14.0. The van der Waals surface area contributed by atoms with Crippen molar-refractivity contribution < 1.29 is 33.0 Å². The number of anilines is 1. The molecule has 0 unspecified atom stereocenters. The molecule has 0 bridgehead atoms. The summed E-state index contributed by atoms with van der Waals surface area (Å²) in [5, 5.41) is 26.2. The highest BCUT2D eigenvalue weighted by Gasteiger charge is 2.33. The zero-order chi connectivity index (χ0) is 29.2. The van der Waals surface area contributed by atoms with Crippen LogP contribution in [0.3, 0.4) is 0 Å². The van der Waals surface area contributed by atoms with Crippen LogP contribution in [0, 0.1) is 5.92 Å². The highest BCUT2D eigenvalue weighted by atomic mass is 32.2. The van der Waals surface area contributed by atoms with Gasteiger partial charge in [-0.15, -0.1) is 0 Å². The van der Waals surface area contributed by atoms with Gasteiger partial charge in [-0.05, 0) is 47.7 Å². The number of nitrogens with one attached hydrogen (secondary N) is 1. The van der Waals surface area contributed by atoms with Crippen LogP contribution in [0.4, 0.5) is 10.5 Å². The first kappa shape index (κ1) is 32.0. The monoisotopic (exact) mass is 560 g/mol. The van der Waals surface area contributed by atoms with Gasteiger partial charge in [-0.2, -0.15) is 4.31 Å². The number of nitrogens with zero attached hydrogens (tertiary/aromatic N) is 2. The molecular formula is C28H38N3O7S-. The number of carbonyl (C=O) groups excluding carboxylic acids is 2. The minimum atomic E-state index is -4.08. The third-order valence-electron chi connectivity index (χ3n) is 5.88. The van der Waals surface area contributed by atoms with E-state index in [4.69, 9.17) is 4.74 Å². The van der Waals surface area contributed by atoms with Gasteiger partial charge in [0, 0.05) is 39.4 Å². The highest BCUT2D eigenvalue weighted by Crippen LogP contribution is 2.22. The fraction of sp³-hybridized carbons (Fsp3) is 0.429. The van der Waals surface area contributed by atoms with Crippen molar-refractivity contribution in [2.24, 2.45) is 5.92 Å². The summed E-state index contributed by atoms with van der Waals surface area (Å²) >= 11 is 0. The van der Waals surface area contributed by atoms with Crippen molar-refractivity contribution in [3.63, 3.8) is 0 Å². The lowest BCUT2D eigenvalue weighted by Crippen LogP contribution is -2.56. The van der Waals surface area contributed by atoms with E-state index in [2.05, 4.69) is 11.9 Å². The number of benzene rings is 2. The molecule has 0 fully saturated rings. The SMILES string of the molecule is C=C(COC)CN(C(=O)[O-])[C@@H](Cc1ccccc1)[C@H](O)CN(CC(C)C)S(=O)(=O)c1ccc(NC(C)=O)cc1. The number of carboxylic acid groups (broad SMARTS) is 1. The molecule has 0 aliphatic rings. The number of rotatable bonds is 15. The molecule has 0 aliphatic heterocycles. The van der Waals surface area contributed by atoms with Crippen molar-refractivity contribution in [1.29, 1.82) is 0 Å². The molecule has 0 aliphatic carbocycles. The summed E-state index contributed by atoms with van der Waals surface area (Å²) < 4.78 is 33.5. The number of carbonyl (C=O) groups is 2. The van der Waals surface area contributed by atoms with E-state index in [9.17, 15) is 28.2 Å². The van der Waals surface area contributed by atoms with Gasteiger partial charge in [-0.1, -0.05) is 50.8 Å². The number of hydrogen-bond donors (Lipinski definition) is 2. The maximum atomic E-state index is 13.6. The molecule has 0 radical (unpaired) electrons. The maximum Gasteiger partial charge on any atom is 0.243 e. The number of sulfonamides is 1. The number of aliphatic hydroxyl groups excluding tert-OH is 1. The van der Waals surface area contributed by atoms with Crippen LogP contribution < -0.4 is 10.4 Å². The Morgan fingerprint density at radius 2 is 1.69 bits per heavy atom. The largest absolute Gasteiger partial charge is 0.530 e. The highest BCUT2D eigenvalue weighted by molar-refractivity contribution is 7.89. The van der Waals surface area contributed by atoms with Crippen molar-refractivity contribution in [3.8, 4) is 0 Å². The second-order valence-corrected chi connectivity index (χ2v) is 11.8. The molecule has 2 aromatic rings. The second kappa shape index (κ2) is 14.8. The van der Waals surface area contributed by atoms with Gasteiger partial charge >= 0.3 is 0 Å². The molecule has 10 nitrogen and oxygen atoms in total. The summed E-state index contributed by atoms with van der Waals surface area (Å²) in [7, 11) is -2.62. The zero-order valence-corrected chi connectivity index (χ0v) is 23.7. The van der Waals surface area contributed by atoms with Gasteiger partial charge < -0.3 is 30.0 Å². The van der Waals surface area contributed by atoms with Crippen LogP contribution in [-0.4, -0.2) is 80.2 Å². The van der Waals surface area contributed by atoms with E-state index in [1.54, 1.807) is 24.3 Å². The van der Waals surface area contributed by atoms with Crippen LogP contribution in [0.1, 0.15) is 26.3 Å². The lowest BCUT2D eigenvalue weighted by molar-refractivity contribution is -0.269. The fourth-order valence-electron chi connectivity index (χ4n) is 4.19. The second-order valence-electron chi connectivity index (χ2n) is 9.82. The number of amides is 2. The Labute approximate surface area is 230 Å². The molecular weight excluding hydrogens is 522 g/mol. The van der Waals surface area contributed by atoms with E-state index in [-0.39, 0.29) is 49.4 Å². The van der Waals surface area contributed by atoms with E-state index in [1.807, 2.05) is 19.9 Å². The Morgan fingerprint density at radius 3 is 2.21 bits per heavy atom. The summed E-state index contributed by atoms with van der Waals surface area (Å²) in [5.41, 5.74) is 1.66. The van der Waals surface area contributed by atoms with Crippen molar-refractivity contribution in [3.05, 3.63) is 72.3 Å². The Hall–Kier alpha value is -3.25. The Kier molecular flexibility index (Phi) is 12.1. The van der Waals surface area contributed by atoms with Crippen molar-refractivity contribution in [2.75, 3.05) is 38.7 Å². The molecule has 2 amide bonds. The molecule has 11 heteroatoms. The molecule has 214 valence electrons. The van der Waals surface area contributed by atoms with E-state index >= 15 is 0 Å². The van der Waals surface area contributed by atoms with E-state index < -0.39 is 28.3 Å². The summed E-state index contributed by atoms with van der Waals surface area (Å²) in [6.07, 6.45) is -2.79. The van der Waals surface area contributed by atoms with E-state index in [0.29, 0.717) is 11.3 Å². The first-order valence-electron chi connectivity index (χ1n) is 12.6. The molecule has 0 heterocycles. The van der Waals surface area contributed by atoms with Crippen LogP contribution in [-0.2, 0) is 26.0 Å². The average Bonchev–Trinajstić information content (AvgIpc) is 2.86. The Balaban J connectivity index is 2.43. The molecule has 2 atom stereocenters. The summed E-state index contributed by atoms with van der Waals surface area (Å²) in [6.45, 7) is 8.59. The molecule has 0 spiro atoms. The normalized spacial score (nSPS) is 13.2. The summed E-state index contributed by atoms with van der Waals surface area (Å²) in [5.74, 6) is -0.373. The smallest absolute Gasteiger partial charge is 0.243 e. The molecule has 2 rings (SSSR count).